The van der Waals surface area contributed by atoms with Gasteiger partial charge in [-0.05, 0) is 17.0 Å². The second kappa shape index (κ2) is 3.69. The van der Waals surface area contributed by atoms with Crippen LogP contribution in [0.25, 0.3) is 0 Å². The maximum Gasteiger partial charge on any atom is 0.230 e. The van der Waals surface area contributed by atoms with Gasteiger partial charge in [-0.25, -0.2) is 0 Å². The SMILES string of the molecule is CC(C)C1C(=O)N(C)Cc2ccccc21. The lowest BCUT2D eigenvalue weighted by atomic mass is 9.82. The predicted octanol–water partition coefficient (Wildman–Crippen LogP) is 2.40. The molecule has 1 unspecified atom stereocenters. The molecule has 2 rings (SSSR count). The highest BCUT2D eigenvalue weighted by Crippen LogP contribution is 2.33. The number of likely N-dealkylation sites (N-methyl/N-ethyl adjacent to an activating group) is 1. The van der Waals surface area contributed by atoms with E-state index in [0.29, 0.717) is 5.92 Å². The van der Waals surface area contributed by atoms with Gasteiger partial charge in [0.1, 0.15) is 0 Å². The Morgan fingerprint density at radius 3 is 2.67 bits per heavy atom. The number of nitrogens with zero attached hydrogens (tertiary/aromatic N) is 1. The molecule has 2 nitrogen and oxygen atoms in total. The van der Waals surface area contributed by atoms with Gasteiger partial charge < -0.3 is 4.90 Å². The topological polar surface area (TPSA) is 20.3 Å². The summed E-state index contributed by atoms with van der Waals surface area (Å²) in [6, 6.07) is 8.27. The number of benzene rings is 1. The van der Waals surface area contributed by atoms with E-state index in [9.17, 15) is 4.79 Å². The van der Waals surface area contributed by atoms with Crippen LogP contribution < -0.4 is 0 Å². The lowest BCUT2D eigenvalue weighted by Gasteiger charge is -2.33. The van der Waals surface area contributed by atoms with Gasteiger partial charge in [-0.2, -0.15) is 0 Å². The molecule has 1 aliphatic rings. The first-order chi connectivity index (χ1) is 7.11. The summed E-state index contributed by atoms with van der Waals surface area (Å²) >= 11 is 0. The molecule has 0 N–H and O–H groups in total. The Morgan fingerprint density at radius 2 is 2.00 bits per heavy atom. The molecule has 1 atom stereocenters. The Morgan fingerprint density at radius 1 is 1.33 bits per heavy atom. The molecule has 0 saturated heterocycles. The summed E-state index contributed by atoms with van der Waals surface area (Å²) < 4.78 is 0. The van der Waals surface area contributed by atoms with E-state index < -0.39 is 0 Å². The van der Waals surface area contributed by atoms with Gasteiger partial charge >= 0.3 is 0 Å². The molecule has 0 aliphatic carbocycles. The normalized spacial score (nSPS) is 20.7. The van der Waals surface area contributed by atoms with Crippen molar-refractivity contribution in [2.75, 3.05) is 7.05 Å². The predicted molar refractivity (Wildman–Crippen MR) is 60.5 cm³/mol. The van der Waals surface area contributed by atoms with Gasteiger partial charge in [-0.15, -0.1) is 0 Å². The largest absolute Gasteiger partial charge is 0.341 e. The number of rotatable bonds is 1. The molecule has 0 radical (unpaired) electrons. The molecule has 1 aromatic carbocycles. The molecule has 0 bridgehead atoms. The second-order valence-electron chi connectivity index (χ2n) is 4.61. The standard InChI is InChI=1S/C13H17NO/c1-9(2)12-11-7-5-4-6-10(11)8-14(3)13(12)15/h4-7,9,12H,8H2,1-3H3. The number of fused-ring (bicyclic) bond motifs is 1. The molecule has 2 heteroatoms. The van der Waals surface area contributed by atoms with Crippen molar-refractivity contribution in [3.05, 3.63) is 35.4 Å². The number of hydrogen-bond donors (Lipinski definition) is 0. The van der Waals surface area contributed by atoms with Crippen LogP contribution in [0.3, 0.4) is 0 Å². The van der Waals surface area contributed by atoms with Crippen LogP contribution in [0.1, 0.15) is 30.9 Å². The van der Waals surface area contributed by atoms with Crippen molar-refractivity contribution < 1.29 is 4.79 Å². The zero-order chi connectivity index (χ0) is 11.0. The molecule has 0 spiro atoms. The van der Waals surface area contributed by atoms with Crippen LogP contribution in [0.4, 0.5) is 0 Å². The molecule has 1 aliphatic heterocycles. The molecule has 1 heterocycles. The van der Waals surface area contributed by atoms with Crippen LogP contribution in [0.2, 0.25) is 0 Å². The summed E-state index contributed by atoms with van der Waals surface area (Å²) in [6.07, 6.45) is 0. The minimum atomic E-state index is 0.0416. The first kappa shape index (κ1) is 10.2. The van der Waals surface area contributed by atoms with Gasteiger partial charge in [0.15, 0.2) is 0 Å². The fourth-order valence-corrected chi connectivity index (χ4v) is 2.33. The van der Waals surface area contributed by atoms with Gasteiger partial charge in [0.05, 0.1) is 5.92 Å². The van der Waals surface area contributed by atoms with Crippen LogP contribution >= 0.6 is 0 Å². The highest BCUT2D eigenvalue weighted by molar-refractivity contribution is 5.85. The zero-order valence-corrected chi connectivity index (χ0v) is 9.53. The molecule has 0 aromatic heterocycles. The van der Waals surface area contributed by atoms with Crippen LogP contribution in [0.5, 0.6) is 0 Å². The van der Waals surface area contributed by atoms with Crippen LogP contribution in [0.15, 0.2) is 24.3 Å². The Labute approximate surface area is 90.9 Å². The Balaban J connectivity index is 2.49. The smallest absolute Gasteiger partial charge is 0.230 e. The van der Waals surface area contributed by atoms with Crippen LogP contribution in [-0.2, 0) is 11.3 Å². The fraction of sp³-hybridized carbons (Fsp3) is 0.462. The van der Waals surface area contributed by atoms with Gasteiger partial charge in [-0.3, -0.25) is 4.79 Å². The average molecular weight is 203 g/mol. The molecular weight excluding hydrogens is 186 g/mol. The van der Waals surface area contributed by atoms with E-state index in [1.165, 1.54) is 11.1 Å². The summed E-state index contributed by atoms with van der Waals surface area (Å²) in [7, 11) is 1.88. The number of carbonyl (C=O) groups excluding carboxylic acids is 1. The van der Waals surface area contributed by atoms with E-state index in [2.05, 4.69) is 26.0 Å². The average Bonchev–Trinajstić information content (AvgIpc) is 2.19. The molecule has 1 amide bonds. The maximum atomic E-state index is 12.1. The van der Waals surface area contributed by atoms with E-state index in [0.717, 1.165) is 6.54 Å². The number of hydrogen-bond acceptors (Lipinski definition) is 1. The van der Waals surface area contributed by atoms with Crippen LogP contribution in [-0.4, -0.2) is 17.9 Å². The Kier molecular flexibility index (Phi) is 2.51. The minimum absolute atomic E-state index is 0.0416. The summed E-state index contributed by atoms with van der Waals surface area (Å²) in [5.74, 6) is 0.657. The third-order valence-corrected chi connectivity index (χ3v) is 3.11. The number of carbonyl (C=O) groups is 1. The van der Waals surface area contributed by atoms with Gasteiger partial charge in [0.25, 0.3) is 0 Å². The Bertz CT molecular complexity index is 384. The summed E-state index contributed by atoms with van der Waals surface area (Å²) in [4.78, 5) is 13.9. The monoisotopic (exact) mass is 203 g/mol. The van der Waals surface area contributed by atoms with Gasteiger partial charge in [0, 0.05) is 13.6 Å². The third-order valence-electron chi connectivity index (χ3n) is 3.11. The second-order valence-corrected chi connectivity index (χ2v) is 4.61. The zero-order valence-electron chi connectivity index (χ0n) is 9.53. The first-order valence-electron chi connectivity index (χ1n) is 5.44. The highest BCUT2D eigenvalue weighted by Gasteiger charge is 2.32. The van der Waals surface area contributed by atoms with Crippen molar-refractivity contribution in [3.63, 3.8) is 0 Å². The lowest BCUT2D eigenvalue weighted by Crippen LogP contribution is -2.38. The number of amides is 1. The summed E-state index contributed by atoms with van der Waals surface area (Å²) in [5, 5.41) is 0. The van der Waals surface area contributed by atoms with E-state index in [1.807, 2.05) is 24.1 Å². The molecule has 0 fully saturated rings. The van der Waals surface area contributed by atoms with E-state index >= 15 is 0 Å². The highest BCUT2D eigenvalue weighted by atomic mass is 16.2. The van der Waals surface area contributed by atoms with Crippen molar-refractivity contribution >= 4 is 5.91 Å². The van der Waals surface area contributed by atoms with Crippen molar-refractivity contribution in [2.24, 2.45) is 5.92 Å². The van der Waals surface area contributed by atoms with Gasteiger partial charge in [-0.1, -0.05) is 38.1 Å². The Hall–Kier alpha value is -1.31. The summed E-state index contributed by atoms with van der Waals surface area (Å²) in [5.41, 5.74) is 2.51. The van der Waals surface area contributed by atoms with E-state index in [4.69, 9.17) is 0 Å². The molecule has 1 aromatic rings. The quantitative estimate of drug-likeness (QED) is 0.686. The third kappa shape index (κ3) is 1.65. The molecule has 15 heavy (non-hydrogen) atoms. The van der Waals surface area contributed by atoms with Crippen molar-refractivity contribution in [3.8, 4) is 0 Å². The van der Waals surface area contributed by atoms with Crippen molar-refractivity contribution in [1.29, 1.82) is 0 Å². The fourth-order valence-electron chi connectivity index (χ4n) is 2.33. The molecular formula is C13H17NO. The van der Waals surface area contributed by atoms with Crippen molar-refractivity contribution in [2.45, 2.75) is 26.3 Å². The van der Waals surface area contributed by atoms with E-state index in [1.54, 1.807) is 0 Å². The first-order valence-corrected chi connectivity index (χ1v) is 5.44. The van der Waals surface area contributed by atoms with E-state index in [-0.39, 0.29) is 11.8 Å². The van der Waals surface area contributed by atoms with Crippen LogP contribution in [0, 0.1) is 5.92 Å². The lowest BCUT2D eigenvalue weighted by molar-refractivity contribution is -0.134. The molecule has 0 saturated carbocycles. The molecule has 80 valence electrons. The minimum Gasteiger partial charge on any atom is -0.341 e. The van der Waals surface area contributed by atoms with Gasteiger partial charge in [0.2, 0.25) is 5.91 Å². The maximum absolute atomic E-state index is 12.1. The van der Waals surface area contributed by atoms with Crippen molar-refractivity contribution in [1.82, 2.24) is 4.90 Å². The summed E-state index contributed by atoms with van der Waals surface area (Å²) in [6.45, 7) is 4.97.